The van der Waals surface area contributed by atoms with Crippen LogP contribution >= 0.6 is 11.3 Å². The Balaban J connectivity index is 1.09. The smallest absolute Gasteiger partial charge is 0.335 e. The highest BCUT2D eigenvalue weighted by Crippen LogP contribution is 2.48. The van der Waals surface area contributed by atoms with E-state index in [1.807, 2.05) is 0 Å². The first-order valence-corrected chi connectivity index (χ1v) is 13.5. The molecule has 0 radical (unpaired) electrons. The van der Waals surface area contributed by atoms with Crippen molar-refractivity contribution in [1.29, 1.82) is 0 Å². The second-order valence-corrected chi connectivity index (χ2v) is 11.5. The number of benzene rings is 1. The van der Waals surface area contributed by atoms with Crippen LogP contribution in [0.3, 0.4) is 0 Å². The van der Waals surface area contributed by atoms with Crippen LogP contribution in [0.2, 0.25) is 0 Å². The molecule has 1 aromatic carbocycles. The third-order valence-electron chi connectivity index (χ3n) is 8.05. The minimum Gasteiger partial charge on any atom is -0.494 e. The van der Waals surface area contributed by atoms with Crippen LogP contribution in [0.5, 0.6) is 5.75 Å². The van der Waals surface area contributed by atoms with E-state index in [4.69, 9.17) is 19.0 Å². The van der Waals surface area contributed by atoms with Gasteiger partial charge in [-0.3, -0.25) is 0 Å². The molecule has 4 heterocycles. The number of carboxylic acid groups (broad SMARTS) is 1. The average Bonchev–Trinajstić information content (AvgIpc) is 3.77. The zero-order valence-corrected chi connectivity index (χ0v) is 20.6. The maximum Gasteiger partial charge on any atom is 0.335 e. The molecule has 4 fully saturated rings. The van der Waals surface area contributed by atoms with Gasteiger partial charge in [0.1, 0.15) is 17.0 Å². The van der Waals surface area contributed by atoms with Gasteiger partial charge >= 0.3 is 5.97 Å². The van der Waals surface area contributed by atoms with Crippen molar-refractivity contribution in [2.45, 2.75) is 88.0 Å². The van der Waals surface area contributed by atoms with Crippen LogP contribution in [0, 0.1) is 0 Å². The van der Waals surface area contributed by atoms with E-state index in [0.717, 1.165) is 52.5 Å². The molecule has 8 nitrogen and oxygen atoms in total. The van der Waals surface area contributed by atoms with Crippen LogP contribution < -0.4 is 9.64 Å². The molecular formula is C26H29N3O5S. The fraction of sp³-hybridized carbons (Fsp3) is 0.577. The van der Waals surface area contributed by atoms with E-state index in [1.54, 1.807) is 30.6 Å². The summed E-state index contributed by atoms with van der Waals surface area (Å²) in [7, 11) is 1.56. The number of hydrogen-bond donors (Lipinski definition) is 1. The summed E-state index contributed by atoms with van der Waals surface area (Å²) < 4.78 is 18.6. The van der Waals surface area contributed by atoms with Gasteiger partial charge in [-0.25, -0.2) is 9.78 Å². The quantitative estimate of drug-likeness (QED) is 0.440. The van der Waals surface area contributed by atoms with E-state index in [0.29, 0.717) is 36.3 Å². The maximum atomic E-state index is 11.5. The highest BCUT2D eigenvalue weighted by molar-refractivity contribution is 7.22. The summed E-state index contributed by atoms with van der Waals surface area (Å²) >= 11 is 1.56. The summed E-state index contributed by atoms with van der Waals surface area (Å²) in [5, 5.41) is 14.8. The molecule has 184 valence electrons. The predicted octanol–water partition coefficient (Wildman–Crippen LogP) is 5.46. The number of ether oxygens (including phenoxy) is 2. The van der Waals surface area contributed by atoms with Crippen LogP contribution in [0.25, 0.3) is 10.2 Å². The Hall–Kier alpha value is -2.65. The number of carboxylic acids is 1. The van der Waals surface area contributed by atoms with Crippen molar-refractivity contribution < 1.29 is 23.9 Å². The fourth-order valence-corrected chi connectivity index (χ4v) is 7.14. The van der Waals surface area contributed by atoms with Crippen molar-refractivity contribution in [3.05, 3.63) is 34.7 Å². The van der Waals surface area contributed by atoms with Crippen molar-refractivity contribution in [1.82, 2.24) is 10.1 Å². The SMILES string of the molecule is COc1cc(C(=O)O)cc2sc(N3C4CC[C@H]3C[C@H](OCc3c(C5CC5)noc3C3CC3)C4)nc12. The predicted molar refractivity (Wildman–Crippen MR) is 131 cm³/mol. The van der Waals surface area contributed by atoms with Gasteiger partial charge in [-0.05, 0) is 63.5 Å². The molecule has 0 amide bonds. The van der Waals surface area contributed by atoms with Crippen molar-refractivity contribution in [3.63, 3.8) is 0 Å². The van der Waals surface area contributed by atoms with Gasteiger partial charge < -0.3 is 24.0 Å². The Labute approximate surface area is 207 Å². The zero-order chi connectivity index (χ0) is 23.7. The number of methoxy groups -OCH3 is 1. The molecule has 2 aliphatic carbocycles. The normalized spacial score (nSPS) is 26.0. The topological polar surface area (TPSA) is 97.9 Å². The molecule has 7 rings (SSSR count). The molecule has 2 saturated heterocycles. The Morgan fingerprint density at radius 2 is 1.89 bits per heavy atom. The molecular weight excluding hydrogens is 466 g/mol. The Morgan fingerprint density at radius 1 is 1.14 bits per heavy atom. The Morgan fingerprint density at radius 3 is 2.54 bits per heavy atom. The number of carbonyl (C=O) groups is 1. The number of aromatic nitrogens is 2. The minimum absolute atomic E-state index is 0.222. The van der Waals surface area contributed by atoms with Gasteiger partial charge in [-0.1, -0.05) is 16.5 Å². The number of anilines is 1. The summed E-state index contributed by atoms with van der Waals surface area (Å²) in [4.78, 5) is 18.9. The van der Waals surface area contributed by atoms with Gasteiger partial charge in [0, 0.05) is 29.5 Å². The monoisotopic (exact) mass is 495 g/mol. The van der Waals surface area contributed by atoms with Gasteiger partial charge in [0.15, 0.2) is 5.13 Å². The van der Waals surface area contributed by atoms with E-state index in [2.05, 4.69) is 10.1 Å². The molecule has 2 bridgehead atoms. The summed E-state index contributed by atoms with van der Waals surface area (Å²) in [6.45, 7) is 0.613. The lowest BCUT2D eigenvalue weighted by atomic mass is 10.00. The lowest BCUT2D eigenvalue weighted by molar-refractivity contribution is 0.0142. The van der Waals surface area contributed by atoms with E-state index in [9.17, 15) is 9.90 Å². The first-order valence-electron chi connectivity index (χ1n) is 12.7. The van der Waals surface area contributed by atoms with Gasteiger partial charge in [0.25, 0.3) is 0 Å². The number of fused-ring (bicyclic) bond motifs is 3. The number of nitrogens with zero attached hydrogens (tertiary/aromatic N) is 3. The molecule has 3 aromatic rings. The van der Waals surface area contributed by atoms with Crippen molar-refractivity contribution in [2.24, 2.45) is 0 Å². The number of aromatic carboxylic acids is 1. The summed E-state index contributed by atoms with van der Waals surface area (Å²) in [6.07, 6.45) is 9.28. The third-order valence-corrected chi connectivity index (χ3v) is 9.07. The second-order valence-electron chi connectivity index (χ2n) is 10.5. The number of rotatable bonds is 8. The average molecular weight is 496 g/mol. The molecule has 1 N–H and O–H groups in total. The molecule has 35 heavy (non-hydrogen) atoms. The second kappa shape index (κ2) is 8.20. The number of hydrogen-bond acceptors (Lipinski definition) is 8. The van der Waals surface area contributed by atoms with Gasteiger partial charge in [-0.2, -0.15) is 0 Å². The lowest BCUT2D eigenvalue weighted by Gasteiger charge is -2.38. The van der Waals surface area contributed by atoms with Crippen LogP contribution in [0.15, 0.2) is 16.7 Å². The lowest BCUT2D eigenvalue weighted by Crippen LogP contribution is -2.45. The minimum atomic E-state index is -0.958. The molecule has 2 aromatic heterocycles. The molecule has 2 saturated carbocycles. The number of piperidine rings is 1. The number of thiazole rings is 1. The molecule has 9 heteroatoms. The molecule has 4 aliphatic rings. The van der Waals surface area contributed by atoms with E-state index >= 15 is 0 Å². The standard InChI is InChI=1S/C26H29N3O5S/c1-32-20-8-15(25(30)31)9-21-23(20)27-26(35-21)29-16-6-7-17(29)11-18(10-16)33-12-19-22(13-2-3-13)28-34-24(19)14-4-5-14/h8-9,13-14,16-18H,2-7,10-12H2,1H3,(H,30,31)/t16-,17?,18-/m0/s1. The molecule has 0 spiro atoms. The fourth-order valence-electron chi connectivity index (χ4n) is 5.98. The molecule has 3 atom stereocenters. The van der Waals surface area contributed by atoms with Crippen LogP contribution in [-0.4, -0.2) is 46.5 Å². The zero-order valence-electron chi connectivity index (χ0n) is 19.7. The van der Waals surface area contributed by atoms with Crippen LogP contribution in [-0.2, 0) is 11.3 Å². The summed E-state index contributed by atoms with van der Waals surface area (Å²) in [5.41, 5.74) is 3.35. The Kier molecular flexibility index (Phi) is 5.06. The van der Waals surface area contributed by atoms with Gasteiger partial charge in [-0.15, -0.1) is 0 Å². The van der Waals surface area contributed by atoms with Crippen molar-refractivity contribution >= 4 is 32.7 Å². The Bertz CT molecular complexity index is 1250. The third kappa shape index (κ3) is 3.80. The van der Waals surface area contributed by atoms with Crippen LogP contribution in [0.4, 0.5) is 5.13 Å². The van der Waals surface area contributed by atoms with Crippen molar-refractivity contribution in [3.8, 4) is 5.75 Å². The largest absolute Gasteiger partial charge is 0.494 e. The summed E-state index contributed by atoms with van der Waals surface area (Å²) in [5.74, 6) is 1.75. The first kappa shape index (κ1) is 21.6. The van der Waals surface area contributed by atoms with E-state index in [1.165, 1.54) is 31.2 Å². The first-order chi connectivity index (χ1) is 17.1. The van der Waals surface area contributed by atoms with Crippen molar-refractivity contribution in [2.75, 3.05) is 12.0 Å². The van der Waals surface area contributed by atoms with E-state index in [-0.39, 0.29) is 11.7 Å². The highest BCUT2D eigenvalue weighted by atomic mass is 32.1. The maximum absolute atomic E-state index is 11.5. The van der Waals surface area contributed by atoms with Gasteiger partial charge in [0.05, 0.1) is 35.8 Å². The molecule has 2 aliphatic heterocycles. The highest BCUT2D eigenvalue weighted by Gasteiger charge is 2.43. The van der Waals surface area contributed by atoms with E-state index < -0.39 is 5.97 Å². The van der Waals surface area contributed by atoms with Crippen LogP contribution in [0.1, 0.15) is 90.6 Å². The summed E-state index contributed by atoms with van der Waals surface area (Å²) in [6, 6.07) is 4.03. The van der Waals surface area contributed by atoms with Gasteiger partial charge in [0.2, 0.25) is 0 Å². The molecule has 1 unspecified atom stereocenters.